The van der Waals surface area contributed by atoms with E-state index in [2.05, 4.69) is 28.1 Å². The normalized spacial score (nSPS) is 11.7. The molecule has 0 N–H and O–H groups in total. The van der Waals surface area contributed by atoms with Crippen LogP contribution in [0.5, 0.6) is 0 Å². The summed E-state index contributed by atoms with van der Waals surface area (Å²) in [5.41, 5.74) is 5.66. The number of benzene rings is 3. The maximum absolute atomic E-state index is 13.2. The van der Waals surface area contributed by atoms with Crippen LogP contribution in [-0.2, 0) is 0 Å². The van der Waals surface area contributed by atoms with Gasteiger partial charge in [-0.25, -0.2) is 0 Å². The molecular formula is C24H22BrNO. The topological polar surface area (TPSA) is 20.3 Å². The minimum Gasteiger partial charge on any atom is -0.377 e. The molecule has 2 nitrogen and oxygen atoms in total. The quantitative estimate of drug-likeness (QED) is 0.281. The summed E-state index contributed by atoms with van der Waals surface area (Å²) in [6, 6.07) is 28.0. The third-order valence-electron chi connectivity index (χ3n) is 4.44. The van der Waals surface area contributed by atoms with E-state index in [0.717, 1.165) is 28.0 Å². The predicted molar refractivity (Wildman–Crippen MR) is 117 cm³/mol. The van der Waals surface area contributed by atoms with Crippen molar-refractivity contribution in [3.8, 4) is 11.1 Å². The molecule has 3 heteroatoms. The molecule has 3 aromatic rings. The first-order valence-electron chi connectivity index (χ1n) is 8.84. The second kappa shape index (κ2) is 8.83. The van der Waals surface area contributed by atoms with Gasteiger partial charge in [-0.2, -0.15) is 0 Å². The molecule has 0 radical (unpaired) electrons. The SMILES string of the molecule is CN(C)/C(=C(/CBr)C(=O)c1ccc(-c2ccccc2)cc1)c1ccccc1. The van der Waals surface area contributed by atoms with Crippen LogP contribution < -0.4 is 0 Å². The number of carbonyl (C=O) groups excluding carboxylic acids is 1. The summed E-state index contributed by atoms with van der Waals surface area (Å²) < 4.78 is 0. The number of Topliss-reactive ketones (excluding diaryl/α,β-unsaturated/α-hetero) is 1. The van der Waals surface area contributed by atoms with Gasteiger partial charge in [-0.3, -0.25) is 4.79 Å². The Balaban J connectivity index is 1.99. The number of allylic oxidation sites excluding steroid dienone is 1. The Bertz CT molecular complexity index is 929. The number of nitrogens with zero attached hydrogens (tertiary/aromatic N) is 1. The zero-order valence-corrected chi connectivity index (χ0v) is 17.1. The molecule has 0 heterocycles. The van der Waals surface area contributed by atoms with E-state index in [1.54, 1.807) is 0 Å². The van der Waals surface area contributed by atoms with Crippen molar-refractivity contribution in [2.45, 2.75) is 0 Å². The third kappa shape index (κ3) is 4.37. The molecule has 136 valence electrons. The Morgan fingerprint density at radius 3 is 1.78 bits per heavy atom. The molecule has 0 fully saturated rings. The molecule has 3 aromatic carbocycles. The van der Waals surface area contributed by atoms with Crippen LogP contribution >= 0.6 is 15.9 Å². The number of hydrogen-bond acceptors (Lipinski definition) is 2. The van der Waals surface area contributed by atoms with Gasteiger partial charge in [0.25, 0.3) is 0 Å². The molecule has 0 unspecified atom stereocenters. The molecule has 0 amide bonds. The summed E-state index contributed by atoms with van der Waals surface area (Å²) in [4.78, 5) is 15.2. The van der Waals surface area contributed by atoms with E-state index in [4.69, 9.17) is 0 Å². The fraction of sp³-hybridized carbons (Fsp3) is 0.125. The van der Waals surface area contributed by atoms with Crippen LogP contribution in [0.2, 0.25) is 0 Å². The van der Waals surface area contributed by atoms with Crippen molar-refractivity contribution < 1.29 is 4.79 Å². The molecule has 3 rings (SSSR count). The second-order valence-corrected chi connectivity index (χ2v) is 7.05. The second-order valence-electron chi connectivity index (χ2n) is 6.49. The van der Waals surface area contributed by atoms with Crippen LogP contribution in [0, 0.1) is 0 Å². The van der Waals surface area contributed by atoms with E-state index < -0.39 is 0 Å². The minimum atomic E-state index is 0.0408. The Labute approximate surface area is 169 Å². The molecule has 0 aliphatic rings. The highest BCUT2D eigenvalue weighted by Gasteiger charge is 2.19. The molecule has 27 heavy (non-hydrogen) atoms. The highest BCUT2D eigenvalue weighted by Crippen LogP contribution is 2.26. The largest absolute Gasteiger partial charge is 0.377 e. The Morgan fingerprint density at radius 2 is 1.26 bits per heavy atom. The first kappa shape index (κ1) is 19.1. The smallest absolute Gasteiger partial charge is 0.191 e. The van der Waals surface area contributed by atoms with Gasteiger partial charge in [0.1, 0.15) is 0 Å². The van der Waals surface area contributed by atoms with Crippen molar-refractivity contribution in [3.05, 3.63) is 102 Å². The molecule has 0 atom stereocenters. The summed E-state index contributed by atoms with van der Waals surface area (Å²) in [5.74, 6) is 0.0408. The van der Waals surface area contributed by atoms with Crippen LogP contribution in [0.25, 0.3) is 16.8 Å². The van der Waals surface area contributed by atoms with E-state index in [1.165, 1.54) is 0 Å². The number of halogens is 1. The predicted octanol–water partition coefficient (Wildman–Crippen LogP) is 5.90. The number of carbonyl (C=O) groups is 1. The summed E-state index contributed by atoms with van der Waals surface area (Å²) >= 11 is 3.53. The zero-order valence-electron chi connectivity index (χ0n) is 15.5. The van der Waals surface area contributed by atoms with Crippen molar-refractivity contribution in [2.75, 3.05) is 19.4 Å². The Morgan fingerprint density at radius 1 is 0.741 bits per heavy atom. The molecule has 0 aromatic heterocycles. The molecular weight excluding hydrogens is 398 g/mol. The van der Waals surface area contributed by atoms with Gasteiger partial charge in [0, 0.05) is 30.6 Å². The average Bonchev–Trinajstić information content (AvgIpc) is 2.72. The maximum Gasteiger partial charge on any atom is 0.191 e. The monoisotopic (exact) mass is 419 g/mol. The first-order chi connectivity index (χ1) is 13.1. The van der Waals surface area contributed by atoms with Crippen LogP contribution in [-0.4, -0.2) is 30.1 Å². The maximum atomic E-state index is 13.2. The highest BCUT2D eigenvalue weighted by molar-refractivity contribution is 9.09. The lowest BCUT2D eigenvalue weighted by Gasteiger charge is -2.21. The lowest BCUT2D eigenvalue weighted by atomic mass is 9.97. The first-order valence-corrected chi connectivity index (χ1v) is 9.96. The molecule has 0 saturated carbocycles. The molecule has 0 aliphatic carbocycles. The van der Waals surface area contributed by atoms with E-state index in [1.807, 2.05) is 91.8 Å². The summed E-state index contributed by atoms with van der Waals surface area (Å²) in [7, 11) is 3.94. The Kier molecular flexibility index (Phi) is 6.25. The van der Waals surface area contributed by atoms with Gasteiger partial charge in [-0.1, -0.05) is 101 Å². The van der Waals surface area contributed by atoms with Crippen LogP contribution in [0.15, 0.2) is 90.5 Å². The van der Waals surface area contributed by atoms with Crippen molar-refractivity contribution >= 4 is 27.4 Å². The molecule has 0 saturated heterocycles. The fourth-order valence-corrected chi connectivity index (χ4v) is 3.67. The van der Waals surface area contributed by atoms with E-state index in [9.17, 15) is 4.79 Å². The van der Waals surface area contributed by atoms with Gasteiger partial charge in [0.15, 0.2) is 5.78 Å². The van der Waals surface area contributed by atoms with Gasteiger partial charge in [0.2, 0.25) is 0 Å². The molecule has 0 bridgehead atoms. The van der Waals surface area contributed by atoms with Crippen LogP contribution in [0.4, 0.5) is 0 Å². The lowest BCUT2D eigenvalue weighted by molar-refractivity contribution is 0.103. The van der Waals surface area contributed by atoms with E-state index >= 15 is 0 Å². The summed E-state index contributed by atoms with van der Waals surface area (Å²) in [5, 5.41) is 0.495. The number of ketones is 1. The average molecular weight is 420 g/mol. The molecule has 0 spiro atoms. The third-order valence-corrected chi connectivity index (χ3v) is 5.00. The van der Waals surface area contributed by atoms with Crippen molar-refractivity contribution in [1.82, 2.24) is 4.90 Å². The van der Waals surface area contributed by atoms with Gasteiger partial charge in [0.05, 0.1) is 5.70 Å². The van der Waals surface area contributed by atoms with Gasteiger partial charge in [-0.05, 0) is 16.7 Å². The molecule has 0 aliphatic heterocycles. The number of hydrogen-bond donors (Lipinski definition) is 0. The van der Waals surface area contributed by atoms with Crippen molar-refractivity contribution in [1.29, 1.82) is 0 Å². The van der Waals surface area contributed by atoms with Crippen LogP contribution in [0.3, 0.4) is 0 Å². The zero-order chi connectivity index (χ0) is 19.2. The number of rotatable bonds is 6. The van der Waals surface area contributed by atoms with Crippen molar-refractivity contribution in [3.63, 3.8) is 0 Å². The summed E-state index contributed by atoms with van der Waals surface area (Å²) in [6.07, 6.45) is 0. The van der Waals surface area contributed by atoms with Crippen LogP contribution in [0.1, 0.15) is 15.9 Å². The lowest BCUT2D eigenvalue weighted by Crippen LogP contribution is -2.17. The standard InChI is InChI=1S/C24H22BrNO/c1-26(2)23(20-11-7-4-8-12-20)22(17-25)24(27)21-15-13-19(14-16-21)18-9-5-3-6-10-18/h3-16H,17H2,1-2H3/b23-22-. The minimum absolute atomic E-state index is 0.0408. The van der Waals surface area contributed by atoms with Gasteiger partial charge in [-0.15, -0.1) is 0 Å². The van der Waals surface area contributed by atoms with E-state index in [-0.39, 0.29) is 5.78 Å². The van der Waals surface area contributed by atoms with Gasteiger partial charge < -0.3 is 4.90 Å². The number of alkyl halides is 1. The van der Waals surface area contributed by atoms with Crippen molar-refractivity contribution in [2.24, 2.45) is 0 Å². The Hall–Kier alpha value is -2.65. The highest BCUT2D eigenvalue weighted by atomic mass is 79.9. The fourth-order valence-electron chi connectivity index (χ4n) is 3.15. The van der Waals surface area contributed by atoms with E-state index in [0.29, 0.717) is 10.9 Å². The van der Waals surface area contributed by atoms with Gasteiger partial charge >= 0.3 is 0 Å². The summed E-state index contributed by atoms with van der Waals surface area (Å²) in [6.45, 7) is 0.